The van der Waals surface area contributed by atoms with Gasteiger partial charge < -0.3 is 34.7 Å². The van der Waals surface area contributed by atoms with Crippen molar-refractivity contribution in [2.24, 2.45) is 0 Å². The van der Waals surface area contributed by atoms with Crippen LogP contribution in [0.5, 0.6) is 23.0 Å². The van der Waals surface area contributed by atoms with Crippen molar-refractivity contribution in [3.63, 3.8) is 0 Å². The average molecular weight is 430 g/mol. The molecule has 3 N–H and O–H groups in total. The van der Waals surface area contributed by atoms with Crippen molar-refractivity contribution in [2.75, 3.05) is 31.6 Å². The Balaban J connectivity index is 0.000000858. The Morgan fingerprint density at radius 3 is 2.55 bits per heavy atom. The maximum absolute atomic E-state index is 12.4. The third-order valence-corrected chi connectivity index (χ3v) is 4.80. The minimum Gasteiger partial charge on any atom is -0.494 e. The third-order valence-electron chi connectivity index (χ3n) is 4.80. The summed E-state index contributed by atoms with van der Waals surface area (Å²) in [6.07, 6.45) is 0.252. The van der Waals surface area contributed by atoms with Crippen LogP contribution in [0.2, 0.25) is 0 Å². The van der Waals surface area contributed by atoms with Crippen molar-refractivity contribution < 1.29 is 38.4 Å². The molecule has 31 heavy (non-hydrogen) atoms. The zero-order valence-corrected chi connectivity index (χ0v) is 17.2. The van der Waals surface area contributed by atoms with Gasteiger partial charge in [-0.3, -0.25) is 14.4 Å². The monoisotopic (exact) mass is 430 g/mol. The molecule has 0 saturated carbocycles. The van der Waals surface area contributed by atoms with Crippen LogP contribution in [0.3, 0.4) is 0 Å². The lowest BCUT2D eigenvalue weighted by Gasteiger charge is -2.28. The van der Waals surface area contributed by atoms with Crippen LogP contribution in [0.4, 0.5) is 11.4 Å². The molecule has 0 radical (unpaired) electrons. The van der Waals surface area contributed by atoms with Gasteiger partial charge in [-0.1, -0.05) is 0 Å². The van der Waals surface area contributed by atoms with Gasteiger partial charge in [0, 0.05) is 31.0 Å². The lowest BCUT2D eigenvalue weighted by Crippen LogP contribution is -2.24. The number of rotatable bonds is 4. The summed E-state index contributed by atoms with van der Waals surface area (Å²) in [6.45, 7) is 1.31. The molecule has 4 rings (SSSR count). The number of carbonyl (C=O) groups excluding carboxylic acids is 2. The highest BCUT2D eigenvalue weighted by atomic mass is 16.7. The number of amides is 2. The largest absolute Gasteiger partial charge is 0.494 e. The van der Waals surface area contributed by atoms with E-state index in [0.29, 0.717) is 34.4 Å². The van der Waals surface area contributed by atoms with E-state index >= 15 is 0 Å². The maximum atomic E-state index is 12.4. The number of methoxy groups -OCH3 is 2. The fraction of sp³-hybridized carbons (Fsp3) is 0.286. The van der Waals surface area contributed by atoms with Crippen LogP contribution in [0.1, 0.15) is 30.4 Å². The minimum absolute atomic E-state index is 0.108. The summed E-state index contributed by atoms with van der Waals surface area (Å²) < 4.78 is 21.8. The second-order valence-corrected chi connectivity index (χ2v) is 6.69. The lowest BCUT2D eigenvalue weighted by molar-refractivity contribution is -0.123. The summed E-state index contributed by atoms with van der Waals surface area (Å²) in [5, 5.41) is 12.5. The highest BCUT2D eigenvalue weighted by Crippen LogP contribution is 2.47. The van der Waals surface area contributed by atoms with E-state index in [4.69, 9.17) is 28.8 Å². The molecule has 0 fully saturated rings. The molecule has 0 spiro atoms. The molecule has 2 aliphatic heterocycles. The van der Waals surface area contributed by atoms with Crippen molar-refractivity contribution in [3.8, 4) is 23.0 Å². The summed E-state index contributed by atoms with van der Waals surface area (Å²) in [6, 6.07) is 7.26. The van der Waals surface area contributed by atoms with E-state index in [1.807, 2.05) is 18.2 Å². The van der Waals surface area contributed by atoms with Crippen LogP contribution in [-0.4, -0.2) is 44.4 Å². The molecule has 1 atom stereocenters. The maximum Gasteiger partial charge on any atom is 0.290 e. The molecule has 1 unspecified atom stereocenters. The molecule has 0 aromatic heterocycles. The predicted octanol–water partition coefficient (Wildman–Crippen LogP) is 2.57. The average Bonchev–Trinajstić information content (AvgIpc) is 3.21. The molecule has 0 aliphatic carbocycles. The van der Waals surface area contributed by atoms with Gasteiger partial charge in [-0.15, -0.1) is 0 Å². The van der Waals surface area contributed by atoms with Crippen LogP contribution in [-0.2, 0) is 14.4 Å². The molecular weight excluding hydrogens is 408 g/mol. The minimum atomic E-state index is -0.250. The predicted molar refractivity (Wildman–Crippen MR) is 110 cm³/mol. The topological polar surface area (TPSA) is 132 Å². The van der Waals surface area contributed by atoms with E-state index in [9.17, 15) is 9.59 Å². The van der Waals surface area contributed by atoms with Crippen molar-refractivity contribution >= 4 is 29.7 Å². The molecule has 2 aromatic rings. The van der Waals surface area contributed by atoms with Crippen LogP contribution in [0.15, 0.2) is 24.3 Å². The van der Waals surface area contributed by atoms with Crippen LogP contribution >= 0.6 is 0 Å². The van der Waals surface area contributed by atoms with Gasteiger partial charge in [0.1, 0.15) is 5.75 Å². The van der Waals surface area contributed by atoms with E-state index in [1.54, 1.807) is 13.2 Å². The summed E-state index contributed by atoms with van der Waals surface area (Å²) in [7, 11) is 3.07. The third kappa shape index (κ3) is 4.47. The number of ether oxygens (including phenoxy) is 4. The molecule has 2 amide bonds. The van der Waals surface area contributed by atoms with Crippen molar-refractivity contribution in [2.45, 2.75) is 19.3 Å². The summed E-state index contributed by atoms with van der Waals surface area (Å²) in [5.74, 6) is 1.59. The van der Waals surface area contributed by atoms with Gasteiger partial charge in [-0.2, -0.15) is 0 Å². The Hall–Kier alpha value is -3.95. The van der Waals surface area contributed by atoms with E-state index < -0.39 is 0 Å². The van der Waals surface area contributed by atoms with Crippen LogP contribution in [0, 0.1) is 0 Å². The zero-order valence-electron chi connectivity index (χ0n) is 17.2. The van der Waals surface area contributed by atoms with Gasteiger partial charge in [0.05, 0.1) is 19.9 Å². The Morgan fingerprint density at radius 1 is 1.19 bits per heavy atom. The lowest BCUT2D eigenvalue weighted by atomic mass is 9.84. The van der Waals surface area contributed by atoms with Crippen LogP contribution < -0.4 is 29.6 Å². The Labute approximate surface area is 178 Å². The summed E-state index contributed by atoms with van der Waals surface area (Å²) in [4.78, 5) is 32.3. The molecule has 2 heterocycles. The Morgan fingerprint density at radius 2 is 1.90 bits per heavy atom. The number of fused-ring (bicyclic) bond motifs is 2. The van der Waals surface area contributed by atoms with Crippen molar-refractivity contribution in [3.05, 3.63) is 35.4 Å². The first-order chi connectivity index (χ1) is 14.9. The van der Waals surface area contributed by atoms with Gasteiger partial charge in [0.25, 0.3) is 6.47 Å². The number of carboxylic acid groups (broad SMARTS) is 1. The molecule has 0 bridgehead atoms. The second kappa shape index (κ2) is 9.24. The van der Waals surface area contributed by atoms with E-state index in [0.717, 1.165) is 11.1 Å². The quantitative estimate of drug-likeness (QED) is 0.631. The highest BCUT2D eigenvalue weighted by Gasteiger charge is 2.31. The standard InChI is InChI=1S/C20H20N2O6.CH2O2/c1-10(23)21-15-6-13-12(7-19(24)22-14(13)8-16(15)25-2)11-4-17(26-3)20-18(5-11)27-9-28-20;2-1-3/h4-6,8,12H,7,9H2,1-3H3,(H,21,23)(H,22,24);1H,(H,2,3). The summed E-state index contributed by atoms with van der Waals surface area (Å²) in [5.41, 5.74) is 2.91. The molecular formula is C21H22N2O8. The second-order valence-electron chi connectivity index (χ2n) is 6.69. The molecule has 2 aromatic carbocycles. The Kier molecular flexibility index (Phi) is 6.49. The fourth-order valence-electron chi connectivity index (χ4n) is 3.59. The smallest absolute Gasteiger partial charge is 0.290 e. The van der Waals surface area contributed by atoms with Gasteiger partial charge in [0.15, 0.2) is 11.5 Å². The number of hydrogen-bond acceptors (Lipinski definition) is 7. The molecule has 10 nitrogen and oxygen atoms in total. The SMILES string of the molecule is COc1cc2c(cc1NC(C)=O)C(c1cc(OC)c3c(c1)OCO3)CC(=O)N2.O=CO. The van der Waals surface area contributed by atoms with Gasteiger partial charge in [-0.05, 0) is 29.3 Å². The number of hydrogen-bond donors (Lipinski definition) is 3. The van der Waals surface area contributed by atoms with Crippen molar-refractivity contribution in [1.82, 2.24) is 0 Å². The van der Waals surface area contributed by atoms with Crippen LogP contribution in [0.25, 0.3) is 0 Å². The Bertz CT molecular complexity index is 1020. The first-order valence-corrected chi connectivity index (χ1v) is 9.26. The highest BCUT2D eigenvalue weighted by molar-refractivity contribution is 5.98. The zero-order chi connectivity index (χ0) is 22.5. The number of benzene rings is 2. The fourth-order valence-corrected chi connectivity index (χ4v) is 3.59. The van der Waals surface area contributed by atoms with Gasteiger partial charge in [0.2, 0.25) is 24.4 Å². The molecule has 10 heteroatoms. The number of carbonyl (C=O) groups is 3. The molecule has 0 saturated heterocycles. The normalized spacial score (nSPS) is 15.6. The van der Waals surface area contributed by atoms with Crippen molar-refractivity contribution in [1.29, 1.82) is 0 Å². The van der Waals surface area contributed by atoms with Gasteiger partial charge >= 0.3 is 0 Å². The number of nitrogens with one attached hydrogen (secondary N) is 2. The van der Waals surface area contributed by atoms with E-state index in [1.165, 1.54) is 14.0 Å². The summed E-state index contributed by atoms with van der Waals surface area (Å²) >= 11 is 0. The first-order valence-electron chi connectivity index (χ1n) is 9.26. The van der Waals surface area contributed by atoms with Gasteiger partial charge in [-0.25, -0.2) is 0 Å². The first kappa shape index (κ1) is 21.8. The van der Waals surface area contributed by atoms with E-state index in [-0.39, 0.29) is 37.4 Å². The van der Waals surface area contributed by atoms with E-state index in [2.05, 4.69) is 10.6 Å². The molecule has 164 valence electrons. The number of anilines is 2. The molecule has 2 aliphatic rings.